The third-order valence-electron chi connectivity index (χ3n) is 4.36. The number of aromatic nitrogens is 4. The van der Waals surface area contributed by atoms with Gasteiger partial charge in [-0.25, -0.2) is 15.0 Å². The van der Waals surface area contributed by atoms with Crippen LogP contribution in [0.15, 0.2) is 17.7 Å². The average molecular weight is 418 g/mol. The van der Waals surface area contributed by atoms with Crippen molar-refractivity contribution in [1.29, 1.82) is 0 Å². The van der Waals surface area contributed by atoms with Gasteiger partial charge in [0.25, 0.3) is 0 Å². The van der Waals surface area contributed by atoms with Crippen LogP contribution in [0.5, 0.6) is 0 Å². The molecule has 2 aromatic rings. The number of aliphatic hydroxyl groups excluding tert-OH is 3. The van der Waals surface area contributed by atoms with Crippen molar-refractivity contribution in [2.24, 2.45) is 0 Å². The number of imidazole rings is 1. The highest BCUT2D eigenvalue weighted by Crippen LogP contribution is 2.40. The quantitative estimate of drug-likeness (QED) is 0.304. The summed E-state index contributed by atoms with van der Waals surface area (Å²) in [5.41, 5.74) is -0.0691. The van der Waals surface area contributed by atoms with Gasteiger partial charge in [0.05, 0.1) is 18.0 Å². The van der Waals surface area contributed by atoms with E-state index in [1.54, 1.807) is 13.8 Å². The molecule has 27 heavy (non-hydrogen) atoms. The van der Waals surface area contributed by atoms with E-state index in [2.05, 4.69) is 27.6 Å². The molecule has 0 radical (unpaired) electrons. The summed E-state index contributed by atoms with van der Waals surface area (Å²) in [4.78, 5) is 12.3. The summed E-state index contributed by atoms with van der Waals surface area (Å²) in [5.74, 6) is -1.07. The van der Waals surface area contributed by atoms with Gasteiger partial charge in [0.2, 0.25) is 8.03 Å². The Labute approximate surface area is 161 Å². The van der Waals surface area contributed by atoms with E-state index in [1.165, 1.54) is 24.1 Å². The molecule has 1 aliphatic heterocycles. The second-order valence-corrected chi connectivity index (χ2v) is 9.23. The molecule has 3 N–H and O–H groups in total. The molecule has 1 aliphatic rings. The summed E-state index contributed by atoms with van der Waals surface area (Å²) in [6, 6.07) is 0. The molecule has 0 spiro atoms. The number of rotatable bonds is 6. The van der Waals surface area contributed by atoms with Crippen molar-refractivity contribution in [2.75, 3.05) is 0 Å². The molecule has 10 nitrogen and oxygen atoms in total. The van der Waals surface area contributed by atoms with Crippen LogP contribution in [-0.2, 0) is 13.8 Å². The van der Waals surface area contributed by atoms with E-state index in [0.717, 1.165) is 0 Å². The molecule has 3 heterocycles. The number of ether oxygens (including phenoxy) is 1. The number of hydrogen-bond acceptors (Lipinski definition) is 10. The van der Waals surface area contributed by atoms with Gasteiger partial charge in [-0.3, -0.25) is 9.13 Å². The third-order valence-corrected chi connectivity index (χ3v) is 6.12. The number of hydrogen-bond donors (Lipinski definition) is 4. The van der Waals surface area contributed by atoms with Crippen molar-refractivity contribution in [3.63, 3.8) is 0 Å². The lowest BCUT2D eigenvalue weighted by Gasteiger charge is -2.29. The average Bonchev–Trinajstić information content (AvgIpc) is 3.11. The van der Waals surface area contributed by atoms with Crippen LogP contribution in [0.4, 0.5) is 0 Å². The van der Waals surface area contributed by atoms with E-state index in [9.17, 15) is 19.9 Å². The Bertz CT molecular complexity index is 847. The van der Waals surface area contributed by atoms with Gasteiger partial charge in [0.15, 0.2) is 11.9 Å². The summed E-state index contributed by atoms with van der Waals surface area (Å²) < 4.78 is 24.6. The van der Waals surface area contributed by atoms with E-state index in [0.29, 0.717) is 16.2 Å². The first-order valence-electron chi connectivity index (χ1n) is 8.40. The number of nitrogens with zero attached hydrogens (tertiary/aromatic N) is 4. The van der Waals surface area contributed by atoms with Crippen molar-refractivity contribution in [3.05, 3.63) is 12.7 Å². The van der Waals surface area contributed by atoms with Crippen molar-refractivity contribution in [2.45, 2.75) is 68.2 Å². The van der Waals surface area contributed by atoms with Gasteiger partial charge in [-0.15, -0.1) is 12.6 Å². The van der Waals surface area contributed by atoms with E-state index in [4.69, 9.17) is 9.26 Å². The van der Waals surface area contributed by atoms with Crippen LogP contribution in [0.1, 0.15) is 33.4 Å². The topological polar surface area (TPSA) is 140 Å². The van der Waals surface area contributed by atoms with E-state index < -0.39 is 44.0 Å². The summed E-state index contributed by atoms with van der Waals surface area (Å²) in [5, 5.41) is 30.7. The van der Waals surface area contributed by atoms with Crippen LogP contribution < -0.4 is 0 Å². The fourth-order valence-corrected chi connectivity index (χ4v) is 4.05. The van der Waals surface area contributed by atoms with Gasteiger partial charge in [-0.2, -0.15) is 0 Å². The van der Waals surface area contributed by atoms with Gasteiger partial charge < -0.3 is 24.6 Å². The Morgan fingerprint density at radius 2 is 2.07 bits per heavy atom. The molecule has 1 saturated heterocycles. The predicted molar refractivity (Wildman–Crippen MR) is 99.0 cm³/mol. The van der Waals surface area contributed by atoms with E-state index in [-0.39, 0.29) is 6.42 Å². The zero-order valence-corrected chi connectivity index (χ0v) is 16.9. The lowest BCUT2D eigenvalue weighted by atomic mass is 9.97. The molecule has 2 unspecified atom stereocenters. The summed E-state index contributed by atoms with van der Waals surface area (Å²) in [6.07, 6.45) is -1.19. The molecule has 0 bridgehead atoms. The number of aliphatic hydroxyl groups is 3. The standard InChI is InChI=1S/C15H23N4O6PS/c1-7(20)26(23)25-15(2,3)4-8-10(21)11(22)14(24-8)19-6-18-9-12(19)16-5-17-13(9)27/h5-8,10-11,14,20-22,26H,4H2,1-3H3,(H,16,17,27)/t7-,8-,10-,11-,14?/m1/s1. The first-order chi connectivity index (χ1) is 12.6. The first-order valence-corrected chi connectivity index (χ1v) is 10.2. The smallest absolute Gasteiger partial charge is 0.219 e. The normalized spacial score (nSPS) is 28.6. The second kappa shape index (κ2) is 7.75. The lowest BCUT2D eigenvalue weighted by molar-refractivity contribution is -0.0584. The highest BCUT2D eigenvalue weighted by molar-refractivity contribution is 7.80. The molecule has 1 fully saturated rings. The van der Waals surface area contributed by atoms with Gasteiger partial charge in [0.1, 0.15) is 34.9 Å². The maximum absolute atomic E-state index is 11.8. The SMILES string of the molecule is C[C@H](O)[PH](=O)OC(C)(C)C[C@H]1OC(n2cnc3c(S)ncnc32)[C@H](O)[C@@H]1O. The van der Waals surface area contributed by atoms with E-state index >= 15 is 0 Å². The molecule has 0 amide bonds. The minimum absolute atomic E-state index is 0.157. The molecule has 3 rings (SSSR count). The van der Waals surface area contributed by atoms with Gasteiger partial charge in [0, 0.05) is 6.42 Å². The minimum Gasteiger partial charge on any atom is -0.388 e. The van der Waals surface area contributed by atoms with Gasteiger partial charge in [-0.05, 0) is 20.8 Å². The molecule has 0 aliphatic carbocycles. The Kier molecular flexibility index (Phi) is 5.93. The fourth-order valence-electron chi connectivity index (χ4n) is 3.04. The van der Waals surface area contributed by atoms with Crippen molar-refractivity contribution < 1.29 is 29.1 Å². The Balaban J connectivity index is 1.79. The van der Waals surface area contributed by atoms with Gasteiger partial charge in [-0.1, -0.05) is 0 Å². The third kappa shape index (κ3) is 4.19. The van der Waals surface area contributed by atoms with E-state index in [1.807, 2.05) is 0 Å². The molecule has 0 aromatic carbocycles. The number of fused-ring (bicyclic) bond motifs is 1. The highest BCUT2D eigenvalue weighted by Gasteiger charge is 2.46. The molecular weight excluding hydrogens is 395 g/mol. The van der Waals surface area contributed by atoms with Gasteiger partial charge >= 0.3 is 0 Å². The summed E-state index contributed by atoms with van der Waals surface area (Å²) in [6.45, 7) is 4.75. The van der Waals surface area contributed by atoms with Crippen LogP contribution >= 0.6 is 20.7 Å². The highest BCUT2D eigenvalue weighted by atomic mass is 32.1. The summed E-state index contributed by atoms with van der Waals surface area (Å²) >= 11 is 4.23. The molecule has 150 valence electrons. The van der Waals surface area contributed by atoms with Crippen molar-refractivity contribution >= 4 is 31.8 Å². The molecule has 2 aromatic heterocycles. The predicted octanol–water partition coefficient (Wildman–Crippen LogP) is 0.732. The lowest BCUT2D eigenvalue weighted by Crippen LogP contribution is -2.36. The molecule has 6 atom stereocenters. The maximum Gasteiger partial charge on any atom is 0.219 e. The molecular formula is C15H23N4O6PS. The maximum atomic E-state index is 11.8. The zero-order valence-electron chi connectivity index (χ0n) is 15.1. The Hall–Kier alpha value is -1.07. The van der Waals surface area contributed by atoms with Crippen molar-refractivity contribution in [3.8, 4) is 0 Å². The zero-order chi connectivity index (χ0) is 19.9. The van der Waals surface area contributed by atoms with Crippen LogP contribution in [0, 0.1) is 0 Å². The van der Waals surface area contributed by atoms with Crippen LogP contribution in [0.3, 0.4) is 0 Å². The molecule has 0 saturated carbocycles. The fraction of sp³-hybridized carbons (Fsp3) is 0.667. The van der Waals surface area contributed by atoms with Crippen molar-refractivity contribution in [1.82, 2.24) is 19.5 Å². The first kappa shape index (κ1) is 20.7. The number of thiol groups is 1. The monoisotopic (exact) mass is 418 g/mol. The second-order valence-electron chi connectivity index (χ2n) is 7.13. The summed E-state index contributed by atoms with van der Waals surface area (Å²) in [7, 11) is -2.66. The van der Waals surface area contributed by atoms with Crippen LogP contribution in [-0.4, -0.2) is 64.6 Å². The minimum atomic E-state index is -2.66. The van der Waals surface area contributed by atoms with Crippen LogP contribution in [0.2, 0.25) is 0 Å². The molecule has 12 heteroatoms. The Morgan fingerprint density at radius 1 is 1.37 bits per heavy atom. The Morgan fingerprint density at radius 3 is 2.74 bits per heavy atom. The largest absolute Gasteiger partial charge is 0.388 e. The van der Waals surface area contributed by atoms with Crippen LogP contribution in [0.25, 0.3) is 11.2 Å².